The monoisotopic (exact) mass is 293 g/mol. The van der Waals surface area contributed by atoms with Crippen LogP contribution in [-0.2, 0) is 4.74 Å². The van der Waals surface area contributed by atoms with Gasteiger partial charge in [0.05, 0.1) is 18.8 Å². The van der Waals surface area contributed by atoms with E-state index in [4.69, 9.17) is 14.2 Å². The molecule has 4 nitrogen and oxygen atoms in total. The van der Waals surface area contributed by atoms with Crippen molar-refractivity contribution in [3.8, 4) is 11.5 Å². The predicted octanol–water partition coefficient (Wildman–Crippen LogP) is 3.31. The molecule has 4 heteroatoms. The Morgan fingerprint density at radius 1 is 1.19 bits per heavy atom. The van der Waals surface area contributed by atoms with E-state index in [-0.39, 0.29) is 6.04 Å². The molecule has 2 unspecified atom stereocenters. The van der Waals surface area contributed by atoms with Crippen LogP contribution in [0.2, 0.25) is 0 Å². The number of benzene rings is 1. The van der Waals surface area contributed by atoms with Crippen molar-refractivity contribution in [2.24, 2.45) is 0 Å². The maximum absolute atomic E-state index is 5.96. The molecule has 1 aliphatic rings. The van der Waals surface area contributed by atoms with Crippen LogP contribution in [0.4, 0.5) is 0 Å². The molecule has 1 N–H and O–H groups in total. The SMILES string of the molecule is CCCC(C)OCC(NCC)c1ccc2c(c1)OCCO2. The van der Waals surface area contributed by atoms with Gasteiger partial charge in [0, 0.05) is 0 Å². The predicted molar refractivity (Wildman–Crippen MR) is 84.2 cm³/mol. The topological polar surface area (TPSA) is 39.7 Å². The summed E-state index contributed by atoms with van der Waals surface area (Å²) in [5.74, 6) is 1.67. The normalized spacial score (nSPS) is 16.5. The van der Waals surface area contributed by atoms with Gasteiger partial charge in [-0.15, -0.1) is 0 Å². The van der Waals surface area contributed by atoms with Crippen LogP contribution < -0.4 is 14.8 Å². The van der Waals surface area contributed by atoms with E-state index in [1.165, 1.54) is 5.56 Å². The highest BCUT2D eigenvalue weighted by molar-refractivity contribution is 5.44. The molecule has 0 fully saturated rings. The molecule has 118 valence electrons. The molecule has 0 saturated heterocycles. The minimum atomic E-state index is 0.185. The average Bonchev–Trinajstić information content (AvgIpc) is 2.51. The highest BCUT2D eigenvalue weighted by Crippen LogP contribution is 2.32. The van der Waals surface area contributed by atoms with Gasteiger partial charge in [0.1, 0.15) is 13.2 Å². The number of fused-ring (bicyclic) bond motifs is 1. The lowest BCUT2D eigenvalue weighted by Crippen LogP contribution is -2.27. The molecule has 1 heterocycles. The summed E-state index contributed by atoms with van der Waals surface area (Å²) in [4.78, 5) is 0. The Morgan fingerprint density at radius 3 is 2.67 bits per heavy atom. The fraction of sp³-hybridized carbons (Fsp3) is 0.647. The van der Waals surface area contributed by atoms with Gasteiger partial charge in [-0.2, -0.15) is 0 Å². The van der Waals surface area contributed by atoms with Gasteiger partial charge in [-0.25, -0.2) is 0 Å². The lowest BCUT2D eigenvalue weighted by atomic mass is 10.1. The van der Waals surface area contributed by atoms with Crippen LogP contribution in [0.15, 0.2) is 18.2 Å². The second-order valence-corrected chi connectivity index (χ2v) is 5.45. The lowest BCUT2D eigenvalue weighted by molar-refractivity contribution is 0.0441. The summed E-state index contributed by atoms with van der Waals surface area (Å²) >= 11 is 0. The minimum Gasteiger partial charge on any atom is -0.486 e. The zero-order valence-electron chi connectivity index (χ0n) is 13.4. The Balaban J connectivity index is 2.03. The third-order valence-electron chi connectivity index (χ3n) is 3.66. The van der Waals surface area contributed by atoms with Gasteiger partial charge in [-0.1, -0.05) is 26.3 Å². The first kappa shape index (κ1) is 16.1. The molecule has 0 aliphatic carbocycles. The molecule has 0 radical (unpaired) electrons. The number of hydrogen-bond donors (Lipinski definition) is 1. The van der Waals surface area contributed by atoms with Crippen LogP contribution in [0.25, 0.3) is 0 Å². The second kappa shape index (κ2) is 8.25. The quantitative estimate of drug-likeness (QED) is 0.798. The molecule has 0 bridgehead atoms. The third-order valence-corrected chi connectivity index (χ3v) is 3.66. The van der Waals surface area contributed by atoms with Crippen LogP contribution >= 0.6 is 0 Å². The van der Waals surface area contributed by atoms with Gasteiger partial charge in [-0.05, 0) is 37.6 Å². The smallest absolute Gasteiger partial charge is 0.161 e. The van der Waals surface area contributed by atoms with Crippen molar-refractivity contribution in [1.82, 2.24) is 5.32 Å². The summed E-state index contributed by atoms with van der Waals surface area (Å²) in [5, 5.41) is 3.48. The molecule has 2 rings (SSSR count). The Labute approximate surface area is 127 Å². The van der Waals surface area contributed by atoms with E-state index in [9.17, 15) is 0 Å². The first-order valence-corrected chi connectivity index (χ1v) is 7.99. The summed E-state index contributed by atoms with van der Waals surface area (Å²) in [7, 11) is 0. The van der Waals surface area contributed by atoms with Gasteiger partial charge < -0.3 is 19.5 Å². The van der Waals surface area contributed by atoms with E-state index < -0.39 is 0 Å². The van der Waals surface area contributed by atoms with Gasteiger partial charge in [-0.3, -0.25) is 0 Å². The minimum absolute atomic E-state index is 0.185. The van der Waals surface area contributed by atoms with Crippen molar-refractivity contribution in [3.05, 3.63) is 23.8 Å². The van der Waals surface area contributed by atoms with E-state index in [0.717, 1.165) is 30.9 Å². The molecule has 0 amide bonds. The van der Waals surface area contributed by atoms with E-state index in [1.807, 2.05) is 6.07 Å². The number of nitrogens with one attached hydrogen (secondary N) is 1. The zero-order chi connectivity index (χ0) is 15.1. The molecule has 2 atom stereocenters. The van der Waals surface area contributed by atoms with E-state index >= 15 is 0 Å². The summed E-state index contributed by atoms with van der Waals surface area (Å²) in [6.07, 6.45) is 2.55. The third kappa shape index (κ3) is 4.61. The standard InChI is InChI=1S/C17H27NO3/c1-4-6-13(3)21-12-15(18-5-2)14-7-8-16-17(11-14)20-10-9-19-16/h7-8,11,13,15,18H,4-6,9-10,12H2,1-3H3. The van der Waals surface area contributed by atoms with Crippen molar-refractivity contribution >= 4 is 0 Å². The Hall–Kier alpha value is -1.26. The number of hydrogen-bond acceptors (Lipinski definition) is 4. The molecular formula is C17H27NO3. The first-order chi connectivity index (χ1) is 10.2. The molecule has 1 aliphatic heterocycles. The van der Waals surface area contributed by atoms with E-state index in [1.54, 1.807) is 0 Å². The fourth-order valence-electron chi connectivity index (χ4n) is 2.55. The van der Waals surface area contributed by atoms with Crippen LogP contribution in [0.5, 0.6) is 11.5 Å². The van der Waals surface area contributed by atoms with Crippen LogP contribution in [0, 0.1) is 0 Å². The van der Waals surface area contributed by atoms with Crippen LogP contribution in [0.1, 0.15) is 45.2 Å². The van der Waals surface area contributed by atoms with Gasteiger partial charge >= 0.3 is 0 Å². The highest BCUT2D eigenvalue weighted by atomic mass is 16.6. The zero-order valence-corrected chi connectivity index (χ0v) is 13.4. The molecule has 1 aromatic rings. The van der Waals surface area contributed by atoms with Gasteiger partial charge in [0.25, 0.3) is 0 Å². The van der Waals surface area contributed by atoms with Crippen molar-refractivity contribution in [2.75, 3.05) is 26.4 Å². The van der Waals surface area contributed by atoms with Gasteiger partial charge in [0.15, 0.2) is 11.5 Å². The largest absolute Gasteiger partial charge is 0.486 e. The Morgan fingerprint density at radius 2 is 1.95 bits per heavy atom. The van der Waals surface area contributed by atoms with Crippen molar-refractivity contribution in [3.63, 3.8) is 0 Å². The van der Waals surface area contributed by atoms with Crippen LogP contribution in [0.3, 0.4) is 0 Å². The van der Waals surface area contributed by atoms with Gasteiger partial charge in [0.2, 0.25) is 0 Å². The average molecular weight is 293 g/mol. The first-order valence-electron chi connectivity index (χ1n) is 7.99. The number of rotatable bonds is 8. The number of ether oxygens (including phenoxy) is 3. The molecule has 0 aromatic heterocycles. The number of likely N-dealkylation sites (N-methyl/N-ethyl adjacent to an activating group) is 1. The van der Waals surface area contributed by atoms with E-state index in [0.29, 0.717) is 25.9 Å². The highest BCUT2D eigenvalue weighted by Gasteiger charge is 2.17. The molecule has 0 saturated carbocycles. The maximum atomic E-state index is 5.96. The van der Waals surface area contributed by atoms with Crippen molar-refractivity contribution in [1.29, 1.82) is 0 Å². The summed E-state index contributed by atoms with van der Waals surface area (Å²) in [6.45, 7) is 9.26. The fourth-order valence-corrected chi connectivity index (χ4v) is 2.55. The summed E-state index contributed by atoms with van der Waals surface area (Å²) < 4.78 is 17.2. The lowest BCUT2D eigenvalue weighted by Gasteiger charge is -2.24. The summed E-state index contributed by atoms with van der Waals surface area (Å²) in [5.41, 5.74) is 1.18. The van der Waals surface area contributed by atoms with Crippen molar-refractivity contribution in [2.45, 2.75) is 45.8 Å². The maximum Gasteiger partial charge on any atom is 0.161 e. The van der Waals surface area contributed by atoms with Crippen molar-refractivity contribution < 1.29 is 14.2 Å². The molecule has 0 spiro atoms. The summed E-state index contributed by atoms with van der Waals surface area (Å²) in [6, 6.07) is 6.33. The second-order valence-electron chi connectivity index (χ2n) is 5.45. The molecular weight excluding hydrogens is 266 g/mol. The molecule has 21 heavy (non-hydrogen) atoms. The molecule has 1 aromatic carbocycles. The Kier molecular flexibility index (Phi) is 6.33. The van der Waals surface area contributed by atoms with Crippen LogP contribution in [-0.4, -0.2) is 32.5 Å². The Bertz CT molecular complexity index is 436. The van der Waals surface area contributed by atoms with E-state index in [2.05, 4.69) is 38.2 Å².